The van der Waals surface area contributed by atoms with Gasteiger partial charge in [-0.15, -0.1) is 0 Å². The van der Waals surface area contributed by atoms with Gasteiger partial charge < -0.3 is 9.84 Å². The third-order valence-electron chi connectivity index (χ3n) is 3.55. The van der Waals surface area contributed by atoms with E-state index < -0.39 is 0 Å². The smallest absolute Gasteiger partial charge is 0.0811 e. The Labute approximate surface area is 109 Å². The van der Waals surface area contributed by atoms with Crippen LogP contribution in [0.4, 0.5) is 0 Å². The fraction of sp³-hybridized carbons (Fsp3) is 0.500. The zero-order valence-corrected chi connectivity index (χ0v) is 11.0. The van der Waals surface area contributed by atoms with Crippen LogP contribution >= 0.6 is 0 Å². The molecule has 0 saturated carbocycles. The summed E-state index contributed by atoms with van der Waals surface area (Å²) >= 11 is 0. The summed E-state index contributed by atoms with van der Waals surface area (Å²) in [4.78, 5) is 0. The molecule has 0 fully saturated rings. The average Bonchev–Trinajstić information content (AvgIpc) is 2.46. The summed E-state index contributed by atoms with van der Waals surface area (Å²) in [5.41, 5.74) is 2.63. The first-order valence-corrected chi connectivity index (χ1v) is 6.83. The van der Waals surface area contributed by atoms with E-state index in [0.29, 0.717) is 0 Å². The first-order chi connectivity index (χ1) is 8.85. The minimum atomic E-state index is 0.0684. The summed E-state index contributed by atoms with van der Waals surface area (Å²) in [7, 11) is 0. The Morgan fingerprint density at radius 3 is 2.78 bits per heavy atom. The molecule has 0 radical (unpaired) electrons. The van der Waals surface area contributed by atoms with Crippen molar-refractivity contribution in [3.8, 4) is 0 Å². The van der Waals surface area contributed by atoms with E-state index in [4.69, 9.17) is 4.74 Å². The summed E-state index contributed by atoms with van der Waals surface area (Å²) in [6, 6.07) is 10.4. The predicted octanol–water partition coefficient (Wildman–Crippen LogP) is 3.27. The van der Waals surface area contributed by atoms with Gasteiger partial charge in [0.25, 0.3) is 0 Å². The SMILES string of the molecule is CCC[C@@H](CO)[C@H]1C=C(c2ccccc2)CCO1. The van der Waals surface area contributed by atoms with E-state index in [1.165, 1.54) is 11.1 Å². The van der Waals surface area contributed by atoms with E-state index in [1.54, 1.807) is 0 Å². The van der Waals surface area contributed by atoms with Crippen molar-refractivity contribution >= 4 is 5.57 Å². The van der Waals surface area contributed by atoms with E-state index in [0.717, 1.165) is 25.9 Å². The second kappa shape index (κ2) is 6.72. The molecule has 0 saturated heterocycles. The van der Waals surface area contributed by atoms with Crippen molar-refractivity contribution in [3.63, 3.8) is 0 Å². The Bertz CT molecular complexity index is 383. The molecule has 1 aromatic rings. The first-order valence-electron chi connectivity index (χ1n) is 6.83. The molecule has 1 aromatic carbocycles. The molecule has 2 rings (SSSR count). The summed E-state index contributed by atoms with van der Waals surface area (Å²) in [6.45, 7) is 3.11. The fourth-order valence-corrected chi connectivity index (χ4v) is 2.53. The predicted molar refractivity (Wildman–Crippen MR) is 74.3 cm³/mol. The second-order valence-electron chi connectivity index (χ2n) is 4.87. The van der Waals surface area contributed by atoms with Crippen molar-refractivity contribution in [2.45, 2.75) is 32.3 Å². The average molecular weight is 246 g/mol. The zero-order valence-electron chi connectivity index (χ0n) is 11.0. The number of rotatable bonds is 5. The highest BCUT2D eigenvalue weighted by molar-refractivity contribution is 5.66. The number of aliphatic hydroxyl groups is 1. The van der Waals surface area contributed by atoms with Crippen LogP contribution in [0.25, 0.3) is 5.57 Å². The second-order valence-corrected chi connectivity index (χ2v) is 4.87. The van der Waals surface area contributed by atoms with Gasteiger partial charge in [-0.3, -0.25) is 0 Å². The van der Waals surface area contributed by atoms with Gasteiger partial charge in [0.1, 0.15) is 0 Å². The summed E-state index contributed by atoms with van der Waals surface area (Å²) in [6.07, 6.45) is 5.33. The molecule has 1 N–H and O–H groups in total. The van der Waals surface area contributed by atoms with Crippen molar-refractivity contribution in [3.05, 3.63) is 42.0 Å². The Kier molecular flexibility index (Phi) is 4.97. The number of aliphatic hydroxyl groups excluding tert-OH is 1. The van der Waals surface area contributed by atoms with Crippen molar-refractivity contribution < 1.29 is 9.84 Å². The van der Waals surface area contributed by atoms with Crippen LogP contribution in [0.5, 0.6) is 0 Å². The summed E-state index contributed by atoms with van der Waals surface area (Å²) in [5.74, 6) is 0.231. The maximum absolute atomic E-state index is 9.46. The Morgan fingerprint density at radius 2 is 2.11 bits per heavy atom. The van der Waals surface area contributed by atoms with Crippen LogP contribution in [0, 0.1) is 5.92 Å². The first kappa shape index (κ1) is 13.3. The van der Waals surface area contributed by atoms with Crippen molar-refractivity contribution in [1.82, 2.24) is 0 Å². The lowest BCUT2D eigenvalue weighted by Crippen LogP contribution is -2.28. The molecule has 18 heavy (non-hydrogen) atoms. The normalized spacial score (nSPS) is 21.4. The van der Waals surface area contributed by atoms with Gasteiger partial charge >= 0.3 is 0 Å². The highest BCUT2D eigenvalue weighted by Crippen LogP contribution is 2.27. The summed E-state index contributed by atoms with van der Waals surface area (Å²) in [5, 5.41) is 9.46. The van der Waals surface area contributed by atoms with Gasteiger partial charge in [0.15, 0.2) is 0 Å². The van der Waals surface area contributed by atoms with Crippen LogP contribution in [0.1, 0.15) is 31.7 Å². The van der Waals surface area contributed by atoms with Crippen LogP contribution in [0.3, 0.4) is 0 Å². The van der Waals surface area contributed by atoms with Gasteiger partial charge in [0.05, 0.1) is 12.7 Å². The topological polar surface area (TPSA) is 29.5 Å². The number of hydrogen-bond donors (Lipinski definition) is 1. The van der Waals surface area contributed by atoms with Gasteiger partial charge in [0.2, 0.25) is 0 Å². The van der Waals surface area contributed by atoms with Crippen molar-refractivity contribution in [2.24, 2.45) is 5.92 Å². The largest absolute Gasteiger partial charge is 0.396 e. The van der Waals surface area contributed by atoms with Gasteiger partial charge in [-0.1, -0.05) is 49.8 Å². The highest BCUT2D eigenvalue weighted by atomic mass is 16.5. The molecule has 0 unspecified atom stereocenters. The Hall–Kier alpha value is -1.12. The van der Waals surface area contributed by atoms with E-state index >= 15 is 0 Å². The molecule has 1 aliphatic rings. The standard InChI is InChI=1S/C16H22O2/c1-2-6-15(12-17)16-11-14(9-10-18-16)13-7-4-3-5-8-13/h3-5,7-8,11,15-17H,2,6,9-10,12H2,1H3/t15-,16+/m0/s1. The van der Waals surface area contributed by atoms with Crippen LogP contribution in [-0.2, 0) is 4.74 Å². The number of ether oxygens (including phenoxy) is 1. The van der Waals surface area contributed by atoms with E-state index in [-0.39, 0.29) is 18.6 Å². The number of hydrogen-bond acceptors (Lipinski definition) is 2. The lowest BCUT2D eigenvalue weighted by atomic mass is 9.91. The molecule has 0 bridgehead atoms. The Balaban J connectivity index is 2.14. The van der Waals surface area contributed by atoms with Gasteiger partial charge in [-0.2, -0.15) is 0 Å². The van der Waals surface area contributed by atoms with Crippen LogP contribution < -0.4 is 0 Å². The molecule has 2 heteroatoms. The molecule has 0 aliphatic carbocycles. The lowest BCUT2D eigenvalue weighted by Gasteiger charge is -2.28. The van der Waals surface area contributed by atoms with E-state index in [9.17, 15) is 5.11 Å². The fourth-order valence-electron chi connectivity index (χ4n) is 2.53. The molecule has 2 atom stereocenters. The van der Waals surface area contributed by atoms with Gasteiger partial charge in [-0.05, 0) is 24.0 Å². The molecule has 98 valence electrons. The van der Waals surface area contributed by atoms with Crippen LogP contribution in [0.2, 0.25) is 0 Å². The molecule has 0 amide bonds. The minimum absolute atomic E-state index is 0.0684. The third-order valence-corrected chi connectivity index (χ3v) is 3.55. The quantitative estimate of drug-likeness (QED) is 0.864. The third kappa shape index (κ3) is 3.21. The monoisotopic (exact) mass is 246 g/mol. The van der Waals surface area contributed by atoms with Gasteiger partial charge in [-0.25, -0.2) is 0 Å². The molecular formula is C16H22O2. The maximum atomic E-state index is 9.46. The molecule has 0 spiro atoms. The maximum Gasteiger partial charge on any atom is 0.0811 e. The van der Waals surface area contributed by atoms with E-state index in [1.807, 2.05) is 6.07 Å². The van der Waals surface area contributed by atoms with Gasteiger partial charge in [0, 0.05) is 12.5 Å². The molecule has 1 aliphatic heterocycles. The van der Waals surface area contributed by atoms with Crippen LogP contribution in [-0.4, -0.2) is 24.4 Å². The Morgan fingerprint density at radius 1 is 1.33 bits per heavy atom. The molecule has 1 heterocycles. The zero-order chi connectivity index (χ0) is 12.8. The lowest BCUT2D eigenvalue weighted by molar-refractivity contribution is 0.0174. The van der Waals surface area contributed by atoms with E-state index in [2.05, 4.69) is 37.3 Å². The molecule has 2 nitrogen and oxygen atoms in total. The van der Waals surface area contributed by atoms with Crippen molar-refractivity contribution in [1.29, 1.82) is 0 Å². The number of benzene rings is 1. The van der Waals surface area contributed by atoms with Crippen molar-refractivity contribution in [2.75, 3.05) is 13.2 Å². The summed E-state index contributed by atoms with van der Waals surface area (Å²) < 4.78 is 5.80. The minimum Gasteiger partial charge on any atom is -0.396 e. The van der Waals surface area contributed by atoms with Crippen LogP contribution in [0.15, 0.2) is 36.4 Å². The molecular weight excluding hydrogens is 224 g/mol. The highest BCUT2D eigenvalue weighted by Gasteiger charge is 2.22. The molecule has 0 aromatic heterocycles.